The van der Waals surface area contributed by atoms with Crippen LogP contribution in [0.4, 0.5) is 0 Å². The number of benzene rings is 1. The highest BCUT2D eigenvalue weighted by Crippen LogP contribution is 2.13. The van der Waals surface area contributed by atoms with E-state index in [4.69, 9.17) is 4.74 Å². The lowest BCUT2D eigenvalue weighted by Gasteiger charge is -2.16. The lowest BCUT2D eigenvalue weighted by Crippen LogP contribution is -2.27. The zero-order valence-corrected chi connectivity index (χ0v) is 12.7. The van der Waals surface area contributed by atoms with Crippen LogP contribution in [-0.2, 0) is 11.3 Å². The Morgan fingerprint density at radius 2 is 2.00 bits per heavy atom. The molecule has 106 valence electrons. The second kappa shape index (κ2) is 7.10. The average Bonchev–Trinajstić information content (AvgIpc) is 2.93. The summed E-state index contributed by atoms with van der Waals surface area (Å²) in [5.74, 6) is 0.912. The van der Waals surface area contributed by atoms with Crippen LogP contribution in [0.3, 0.4) is 0 Å². The summed E-state index contributed by atoms with van der Waals surface area (Å²) < 4.78 is 5.57. The van der Waals surface area contributed by atoms with Crippen molar-refractivity contribution >= 4 is 17.2 Å². The molecule has 20 heavy (non-hydrogen) atoms. The fourth-order valence-electron chi connectivity index (χ4n) is 1.81. The fourth-order valence-corrected chi connectivity index (χ4v) is 2.56. The van der Waals surface area contributed by atoms with Crippen molar-refractivity contribution in [2.75, 3.05) is 13.7 Å². The van der Waals surface area contributed by atoms with Crippen molar-refractivity contribution in [3.8, 4) is 5.75 Å². The summed E-state index contributed by atoms with van der Waals surface area (Å²) in [5, 5.41) is 2.02. The van der Waals surface area contributed by atoms with Crippen LogP contribution < -0.4 is 4.74 Å². The first-order valence-electron chi connectivity index (χ1n) is 6.61. The van der Waals surface area contributed by atoms with Gasteiger partial charge in [-0.15, -0.1) is 11.3 Å². The Balaban J connectivity index is 1.73. The molecule has 0 fully saturated rings. The molecule has 2 rings (SSSR count). The van der Waals surface area contributed by atoms with Crippen molar-refractivity contribution in [1.82, 2.24) is 4.90 Å². The topological polar surface area (TPSA) is 29.5 Å². The van der Waals surface area contributed by atoms with E-state index in [2.05, 4.69) is 0 Å². The van der Waals surface area contributed by atoms with E-state index >= 15 is 0 Å². The predicted octanol–water partition coefficient (Wildman–Crippen LogP) is 3.48. The van der Waals surface area contributed by atoms with Gasteiger partial charge in [0, 0.05) is 11.9 Å². The van der Waals surface area contributed by atoms with Crippen molar-refractivity contribution in [1.29, 1.82) is 0 Å². The molecule has 3 nitrogen and oxygen atoms in total. The maximum atomic E-state index is 12.0. The Morgan fingerprint density at radius 1 is 1.25 bits per heavy atom. The molecule has 0 aliphatic rings. The number of rotatable bonds is 6. The van der Waals surface area contributed by atoms with Gasteiger partial charge in [0.05, 0.1) is 19.6 Å². The van der Waals surface area contributed by atoms with Crippen LogP contribution in [0.25, 0.3) is 0 Å². The van der Waals surface area contributed by atoms with Crippen molar-refractivity contribution in [2.45, 2.75) is 19.9 Å². The van der Waals surface area contributed by atoms with Gasteiger partial charge in [-0.05, 0) is 30.5 Å². The largest absolute Gasteiger partial charge is 0.493 e. The van der Waals surface area contributed by atoms with E-state index in [1.807, 2.05) is 55.7 Å². The molecule has 0 saturated heterocycles. The molecule has 0 N–H and O–H groups in total. The van der Waals surface area contributed by atoms with Gasteiger partial charge in [0.25, 0.3) is 0 Å². The molecule has 0 radical (unpaired) electrons. The van der Waals surface area contributed by atoms with Gasteiger partial charge in [0.2, 0.25) is 5.91 Å². The van der Waals surface area contributed by atoms with E-state index in [0.29, 0.717) is 19.6 Å². The van der Waals surface area contributed by atoms with Crippen LogP contribution in [0.2, 0.25) is 0 Å². The molecule has 0 aliphatic carbocycles. The number of hydrogen-bond donors (Lipinski definition) is 0. The Morgan fingerprint density at radius 3 is 2.65 bits per heavy atom. The van der Waals surface area contributed by atoms with E-state index < -0.39 is 0 Å². The highest BCUT2D eigenvalue weighted by Gasteiger charge is 2.09. The molecule has 4 heteroatoms. The van der Waals surface area contributed by atoms with Gasteiger partial charge in [-0.2, -0.15) is 0 Å². The van der Waals surface area contributed by atoms with Crippen molar-refractivity contribution in [2.24, 2.45) is 0 Å². The number of amides is 1. The standard InChI is InChI=1S/C16H19NO2S/c1-13-5-7-14(8-6-13)19-10-9-16(18)17(2)12-15-4-3-11-20-15/h3-8,11H,9-10,12H2,1-2H3. The van der Waals surface area contributed by atoms with Gasteiger partial charge >= 0.3 is 0 Å². The number of carbonyl (C=O) groups is 1. The third-order valence-electron chi connectivity index (χ3n) is 3.00. The molecular weight excluding hydrogens is 270 g/mol. The number of thiophene rings is 1. The number of ether oxygens (including phenoxy) is 1. The molecule has 1 heterocycles. The molecule has 2 aromatic rings. The summed E-state index contributed by atoms with van der Waals surface area (Å²) in [6.07, 6.45) is 0.399. The zero-order chi connectivity index (χ0) is 14.4. The zero-order valence-electron chi connectivity index (χ0n) is 11.8. The van der Waals surface area contributed by atoms with Crippen molar-refractivity contribution in [3.63, 3.8) is 0 Å². The lowest BCUT2D eigenvalue weighted by atomic mass is 10.2. The Kier molecular flexibility index (Phi) is 5.18. The summed E-state index contributed by atoms with van der Waals surface area (Å²) in [7, 11) is 1.83. The maximum absolute atomic E-state index is 12.0. The van der Waals surface area contributed by atoms with Crippen molar-refractivity contribution < 1.29 is 9.53 Å². The summed E-state index contributed by atoms with van der Waals surface area (Å²) in [6, 6.07) is 11.9. The normalized spacial score (nSPS) is 10.3. The summed E-state index contributed by atoms with van der Waals surface area (Å²) >= 11 is 1.67. The minimum absolute atomic E-state index is 0.102. The SMILES string of the molecule is Cc1ccc(OCCC(=O)N(C)Cc2cccs2)cc1. The Hall–Kier alpha value is -1.81. The molecular formula is C16H19NO2S. The fraction of sp³-hybridized carbons (Fsp3) is 0.312. The number of nitrogens with zero attached hydrogens (tertiary/aromatic N) is 1. The highest BCUT2D eigenvalue weighted by atomic mass is 32.1. The van der Waals surface area contributed by atoms with E-state index in [-0.39, 0.29) is 5.91 Å². The molecule has 0 spiro atoms. The molecule has 1 aromatic heterocycles. The molecule has 1 aromatic carbocycles. The third kappa shape index (κ3) is 4.38. The Bertz CT molecular complexity index is 534. The third-order valence-corrected chi connectivity index (χ3v) is 3.87. The molecule has 1 amide bonds. The van der Waals surface area contributed by atoms with Gasteiger partial charge in [0.15, 0.2) is 0 Å². The minimum Gasteiger partial charge on any atom is -0.493 e. The van der Waals surface area contributed by atoms with Gasteiger partial charge in [-0.3, -0.25) is 4.79 Å². The summed E-state index contributed by atoms with van der Waals surface area (Å²) in [4.78, 5) is 14.9. The number of hydrogen-bond acceptors (Lipinski definition) is 3. The second-order valence-corrected chi connectivity index (χ2v) is 5.77. The van der Waals surface area contributed by atoms with Crippen LogP contribution in [0.1, 0.15) is 16.9 Å². The van der Waals surface area contributed by atoms with Crippen LogP contribution in [0, 0.1) is 6.92 Å². The van der Waals surface area contributed by atoms with E-state index in [1.54, 1.807) is 16.2 Å². The molecule has 0 atom stereocenters. The first-order valence-corrected chi connectivity index (χ1v) is 7.49. The lowest BCUT2D eigenvalue weighted by molar-refractivity contribution is -0.130. The number of aryl methyl sites for hydroxylation is 1. The first-order chi connectivity index (χ1) is 9.65. The van der Waals surface area contributed by atoms with Crippen molar-refractivity contribution in [3.05, 3.63) is 52.2 Å². The molecule has 0 saturated carbocycles. The number of carbonyl (C=O) groups excluding carboxylic acids is 1. The molecule has 0 unspecified atom stereocenters. The minimum atomic E-state index is 0.102. The van der Waals surface area contributed by atoms with E-state index in [0.717, 1.165) is 5.75 Å². The highest BCUT2D eigenvalue weighted by molar-refractivity contribution is 7.09. The van der Waals surface area contributed by atoms with Crippen LogP contribution >= 0.6 is 11.3 Å². The van der Waals surface area contributed by atoms with E-state index in [1.165, 1.54) is 10.4 Å². The van der Waals surface area contributed by atoms with E-state index in [9.17, 15) is 4.79 Å². The van der Waals surface area contributed by atoms with Gasteiger partial charge in [-0.1, -0.05) is 23.8 Å². The van der Waals surface area contributed by atoms with Crippen LogP contribution in [0.15, 0.2) is 41.8 Å². The average molecular weight is 289 g/mol. The van der Waals surface area contributed by atoms with Crippen LogP contribution in [0.5, 0.6) is 5.75 Å². The smallest absolute Gasteiger partial charge is 0.226 e. The molecule has 0 bridgehead atoms. The van der Waals surface area contributed by atoms with Gasteiger partial charge < -0.3 is 9.64 Å². The quantitative estimate of drug-likeness (QED) is 0.814. The summed E-state index contributed by atoms with van der Waals surface area (Å²) in [6.45, 7) is 3.12. The maximum Gasteiger partial charge on any atom is 0.226 e. The van der Waals surface area contributed by atoms with Gasteiger partial charge in [0.1, 0.15) is 5.75 Å². The van der Waals surface area contributed by atoms with Gasteiger partial charge in [-0.25, -0.2) is 0 Å². The Labute approximate surface area is 123 Å². The van der Waals surface area contributed by atoms with Crippen LogP contribution in [-0.4, -0.2) is 24.5 Å². The summed E-state index contributed by atoms with van der Waals surface area (Å²) in [5.41, 5.74) is 1.20. The first kappa shape index (κ1) is 14.6. The predicted molar refractivity (Wildman–Crippen MR) is 82.1 cm³/mol. The molecule has 0 aliphatic heterocycles. The second-order valence-electron chi connectivity index (χ2n) is 4.74. The monoisotopic (exact) mass is 289 g/mol.